The van der Waals surface area contributed by atoms with E-state index in [9.17, 15) is 4.79 Å². The highest BCUT2D eigenvalue weighted by Gasteiger charge is 2.06. The molecule has 0 bridgehead atoms. The van der Waals surface area contributed by atoms with Crippen molar-refractivity contribution in [1.82, 2.24) is 10.2 Å². The van der Waals surface area contributed by atoms with Crippen LogP contribution >= 0.6 is 0 Å². The number of para-hydroxylation sites is 1. The van der Waals surface area contributed by atoms with Crippen LogP contribution in [-0.4, -0.2) is 16.1 Å². The number of nitrogens with one attached hydrogen (secondary N) is 1. The zero-order valence-electron chi connectivity index (χ0n) is 7.92. The van der Waals surface area contributed by atoms with Gasteiger partial charge in [-0.25, -0.2) is 0 Å². The molecule has 0 aliphatic carbocycles. The van der Waals surface area contributed by atoms with Gasteiger partial charge in [0.05, 0.1) is 0 Å². The maximum atomic E-state index is 11.6. The first kappa shape index (κ1) is 9.33. The second kappa shape index (κ2) is 4.32. The number of anilines is 1. The first-order valence-electron chi connectivity index (χ1n) is 4.50. The predicted molar refractivity (Wildman–Crippen MR) is 56.4 cm³/mol. The summed E-state index contributed by atoms with van der Waals surface area (Å²) in [6.07, 6.45) is 1.53. The smallest absolute Gasteiger partial charge is 0.276 e. The molecule has 0 spiro atoms. The summed E-state index contributed by atoms with van der Waals surface area (Å²) in [7, 11) is 0. The van der Waals surface area contributed by atoms with Gasteiger partial charge in [0.15, 0.2) is 5.69 Å². The molecule has 0 saturated carbocycles. The lowest BCUT2D eigenvalue weighted by molar-refractivity contribution is 0.102. The summed E-state index contributed by atoms with van der Waals surface area (Å²) in [5.41, 5.74) is 1.05. The molecular formula is C11H9N3O. The Morgan fingerprint density at radius 3 is 2.53 bits per heavy atom. The Hall–Kier alpha value is -2.23. The van der Waals surface area contributed by atoms with Gasteiger partial charge in [-0.15, -0.1) is 5.10 Å². The standard InChI is InChI=1S/C11H9N3O/c15-11(10-7-4-8-12-14-10)13-9-5-2-1-3-6-9/h1-8H,(H,13,15). The van der Waals surface area contributed by atoms with E-state index in [-0.39, 0.29) is 5.91 Å². The summed E-state index contributed by atoms with van der Waals surface area (Å²) in [4.78, 5) is 11.6. The van der Waals surface area contributed by atoms with E-state index in [0.29, 0.717) is 5.69 Å². The quantitative estimate of drug-likeness (QED) is 0.801. The van der Waals surface area contributed by atoms with Crippen molar-refractivity contribution in [2.45, 2.75) is 0 Å². The molecule has 74 valence electrons. The Bertz CT molecular complexity index is 442. The van der Waals surface area contributed by atoms with E-state index in [0.717, 1.165) is 5.69 Å². The number of rotatable bonds is 2. The molecular weight excluding hydrogens is 190 g/mol. The molecule has 2 aromatic rings. The molecule has 1 N–H and O–H groups in total. The van der Waals surface area contributed by atoms with E-state index in [1.807, 2.05) is 30.3 Å². The third-order valence-corrected chi connectivity index (χ3v) is 1.84. The van der Waals surface area contributed by atoms with Gasteiger partial charge in [0.25, 0.3) is 5.91 Å². The van der Waals surface area contributed by atoms with Gasteiger partial charge in [0, 0.05) is 11.9 Å². The van der Waals surface area contributed by atoms with Crippen LogP contribution in [0.2, 0.25) is 0 Å². The molecule has 4 nitrogen and oxygen atoms in total. The zero-order valence-corrected chi connectivity index (χ0v) is 7.92. The van der Waals surface area contributed by atoms with Crippen molar-refractivity contribution in [1.29, 1.82) is 0 Å². The number of amides is 1. The van der Waals surface area contributed by atoms with Crippen LogP contribution in [0.25, 0.3) is 0 Å². The molecule has 1 heterocycles. The fourth-order valence-electron chi connectivity index (χ4n) is 1.14. The summed E-state index contributed by atoms with van der Waals surface area (Å²) in [5, 5.41) is 10.1. The number of carbonyl (C=O) groups is 1. The van der Waals surface area contributed by atoms with Crippen LogP contribution in [-0.2, 0) is 0 Å². The molecule has 1 aromatic carbocycles. The molecule has 0 fully saturated rings. The second-order valence-electron chi connectivity index (χ2n) is 2.93. The fraction of sp³-hybridized carbons (Fsp3) is 0. The van der Waals surface area contributed by atoms with Gasteiger partial charge in [-0.2, -0.15) is 5.10 Å². The summed E-state index contributed by atoms with van der Waals surface area (Å²) in [5.74, 6) is -0.255. The van der Waals surface area contributed by atoms with E-state index in [2.05, 4.69) is 15.5 Å². The molecule has 0 aliphatic rings. The fourth-order valence-corrected chi connectivity index (χ4v) is 1.14. The lowest BCUT2D eigenvalue weighted by atomic mass is 10.3. The Morgan fingerprint density at radius 1 is 1.07 bits per heavy atom. The number of aromatic nitrogens is 2. The summed E-state index contributed by atoms with van der Waals surface area (Å²) in [6.45, 7) is 0. The molecule has 2 rings (SSSR count). The lowest BCUT2D eigenvalue weighted by Gasteiger charge is -2.02. The minimum absolute atomic E-state index is 0.255. The van der Waals surface area contributed by atoms with Crippen molar-refractivity contribution in [3.8, 4) is 0 Å². The van der Waals surface area contributed by atoms with Gasteiger partial charge in [-0.1, -0.05) is 18.2 Å². The molecule has 0 radical (unpaired) electrons. The number of hydrogen-bond acceptors (Lipinski definition) is 3. The minimum Gasteiger partial charge on any atom is -0.321 e. The molecule has 15 heavy (non-hydrogen) atoms. The van der Waals surface area contributed by atoms with Crippen LogP contribution in [0.3, 0.4) is 0 Å². The van der Waals surface area contributed by atoms with Crippen LogP contribution in [0.1, 0.15) is 10.5 Å². The SMILES string of the molecule is O=C(Nc1ccccc1)c1cccnn1. The highest BCUT2D eigenvalue weighted by Crippen LogP contribution is 2.06. The summed E-state index contributed by atoms with van der Waals surface area (Å²) >= 11 is 0. The average molecular weight is 199 g/mol. The number of carbonyl (C=O) groups excluding carboxylic acids is 1. The third kappa shape index (κ3) is 2.37. The van der Waals surface area contributed by atoms with E-state index < -0.39 is 0 Å². The second-order valence-corrected chi connectivity index (χ2v) is 2.93. The third-order valence-electron chi connectivity index (χ3n) is 1.84. The minimum atomic E-state index is -0.255. The number of benzene rings is 1. The Morgan fingerprint density at radius 2 is 1.87 bits per heavy atom. The molecule has 0 unspecified atom stereocenters. The lowest BCUT2D eigenvalue weighted by Crippen LogP contribution is -2.13. The van der Waals surface area contributed by atoms with Crippen molar-refractivity contribution < 1.29 is 4.79 Å². The number of nitrogens with zero attached hydrogens (tertiary/aromatic N) is 2. The Kier molecular flexibility index (Phi) is 2.69. The largest absolute Gasteiger partial charge is 0.321 e. The number of hydrogen-bond donors (Lipinski definition) is 1. The van der Waals surface area contributed by atoms with Crippen molar-refractivity contribution in [2.75, 3.05) is 5.32 Å². The monoisotopic (exact) mass is 199 g/mol. The van der Waals surface area contributed by atoms with Crippen molar-refractivity contribution in [3.63, 3.8) is 0 Å². The van der Waals surface area contributed by atoms with Gasteiger partial charge in [-0.3, -0.25) is 4.79 Å². The molecule has 1 amide bonds. The summed E-state index contributed by atoms with van der Waals surface area (Å²) < 4.78 is 0. The normalized spacial score (nSPS) is 9.60. The molecule has 0 aliphatic heterocycles. The summed E-state index contributed by atoms with van der Waals surface area (Å²) in [6, 6.07) is 12.5. The zero-order chi connectivity index (χ0) is 10.5. The molecule has 0 saturated heterocycles. The van der Waals surface area contributed by atoms with Gasteiger partial charge in [0.2, 0.25) is 0 Å². The molecule has 1 aromatic heterocycles. The van der Waals surface area contributed by atoms with Crippen molar-refractivity contribution in [3.05, 3.63) is 54.4 Å². The highest BCUT2D eigenvalue weighted by atomic mass is 16.1. The van der Waals surface area contributed by atoms with Crippen LogP contribution in [0.15, 0.2) is 48.7 Å². The maximum Gasteiger partial charge on any atom is 0.276 e. The molecule has 4 heteroatoms. The first-order valence-corrected chi connectivity index (χ1v) is 4.50. The van der Waals surface area contributed by atoms with Gasteiger partial charge >= 0.3 is 0 Å². The first-order chi connectivity index (χ1) is 7.36. The van der Waals surface area contributed by atoms with Gasteiger partial charge < -0.3 is 5.32 Å². The van der Waals surface area contributed by atoms with E-state index >= 15 is 0 Å². The van der Waals surface area contributed by atoms with E-state index in [1.54, 1.807) is 12.1 Å². The van der Waals surface area contributed by atoms with Gasteiger partial charge in [0.1, 0.15) is 0 Å². The van der Waals surface area contributed by atoms with Crippen molar-refractivity contribution in [2.24, 2.45) is 0 Å². The topological polar surface area (TPSA) is 54.9 Å². The van der Waals surface area contributed by atoms with Crippen LogP contribution in [0.4, 0.5) is 5.69 Å². The Labute approximate surface area is 87.0 Å². The maximum absolute atomic E-state index is 11.6. The van der Waals surface area contributed by atoms with Gasteiger partial charge in [-0.05, 0) is 24.3 Å². The average Bonchev–Trinajstić information content (AvgIpc) is 2.31. The van der Waals surface area contributed by atoms with E-state index in [4.69, 9.17) is 0 Å². The van der Waals surface area contributed by atoms with Crippen LogP contribution < -0.4 is 5.32 Å². The molecule has 0 atom stereocenters. The van der Waals surface area contributed by atoms with Crippen molar-refractivity contribution >= 4 is 11.6 Å². The Balaban J connectivity index is 2.12. The van der Waals surface area contributed by atoms with Crippen LogP contribution in [0.5, 0.6) is 0 Å². The highest BCUT2D eigenvalue weighted by molar-refractivity contribution is 6.02. The predicted octanol–water partition coefficient (Wildman–Crippen LogP) is 1.73. The van der Waals surface area contributed by atoms with E-state index in [1.165, 1.54) is 6.20 Å². The van der Waals surface area contributed by atoms with Crippen LogP contribution in [0, 0.1) is 0 Å².